The lowest BCUT2D eigenvalue weighted by Gasteiger charge is -2.43. The smallest absolute Gasteiger partial charge is 0.357 e. The second kappa shape index (κ2) is 5.82. The largest absolute Gasteiger partial charge is 0.399 e. The van der Waals surface area contributed by atoms with Crippen LogP contribution in [-0.2, 0) is 19.1 Å². The topological polar surface area (TPSA) is 93.7 Å². The molecule has 22 heavy (non-hydrogen) atoms. The third kappa shape index (κ3) is 2.79. The average molecular weight is 390 g/mol. The molecule has 116 valence electrons. The maximum atomic E-state index is 11.7. The van der Waals surface area contributed by atoms with Crippen molar-refractivity contribution >= 4 is 45.3 Å². The van der Waals surface area contributed by atoms with Crippen molar-refractivity contribution in [2.24, 2.45) is 0 Å². The van der Waals surface area contributed by atoms with E-state index in [-0.39, 0.29) is 11.7 Å². The average Bonchev–Trinajstić information content (AvgIpc) is 2.62. The van der Waals surface area contributed by atoms with Crippen LogP contribution in [0, 0.1) is 0 Å². The van der Waals surface area contributed by atoms with Crippen LogP contribution in [-0.4, -0.2) is 47.5 Å². The van der Waals surface area contributed by atoms with Crippen LogP contribution < -0.4 is 10.2 Å². The van der Waals surface area contributed by atoms with E-state index in [0.717, 1.165) is 12.2 Å². The van der Waals surface area contributed by atoms with Gasteiger partial charge >= 0.3 is 17.8 Å². The standard InChI is InChI=1S/C12H10BrClN4O4/c13-10-11(14)17-7(5-16-10)18-4-3-15-6-12(18)21-8(19)1-2-9(20)22-12/h1-2,5,15H,3-4,6H2. The number of piperazine rings is 1. The van der Waals surface area contributed by atoms with E-state index < -0.39 is 17.8 Å². The summed E-state index contributed by atoms with van der Waals surface area (Å²) in [6.07, 6.45) is 3.48. The fraction of sp³-hybridized carbons (Fsp3) is 0.333. The Morgan fingerprint density at radius 2 is 2.00 bits per heavy atom. The monoisotopic (exact) mass is 388 g/mol. The van der Waals surface area contributed by atoms with Crippen LogP contribution in [0.25, 0.3) is 0 Å². The van der Waals surface area contributed by atoms with Crippen molar-refractivity contribution in [3.63, 3.8) is 0 Å². The quantitative estimate of drug-likeness (QED) is 0.699. The maximum absolute atomic E-state index is 11.7. The van der Waals surface area contributed by atoms with Crippen LogP contribution >= 0.6 is 27.5 Å². The molecule has 2 aliphatic rings. The van der Waals surface area contributed by atoms with Gasteiger partial charge in [0.1, 0.15) is 4.60 Å². The molecule has 3 heterocycles. The minimum atomic E-state index is -1.62. The van der Waals surface area contributed by atoms with Gasteiger partial charge in [0.2, 0.25) is 0 Å². The molecule has 8 nitrogen and oxygen atoms in total. The molecule has 0 aliphatic carbocycles. The highest BCUT2D eigenvalue weighted by Gasteiger charge is 2.48. The molecule has 1 saturated heterocycles. The molecule has 0 unspecified atom stereocenters. The van der Waals surface area contributed by atoms with Crippen LogP contribution in [0.2, 0.25) is 5.15 Å². The Hall–Kier alpha value is -1.71. The van der Waals surface area contributed by atoms with E-state index in [4.69, 9.17) is 21.1 Å². The molecule has 0 aromatic carbocycles. The van der Waals surface area contributed by atoms with Gasteiger partial charge < -0.3 is 14.8 Å². The lowest BCUT2D eigenvalue weighted by molar-refractivity contribution is -0.221. The maximum Gasteiger partial charge on any atom is 0.357 e. The molecule has 1 N–H and O–H groups in total. The Morgan fingerprint density at radius 3 is 2.64 bits per heavy atom. The van der Waals surface area contributed by atoms with Crippen molar-refractivity contribution in [3.05, 3.63) is 28.1 Å². The number of carbonyl (C=O) groups excluding carboxylic acids is 2. The van der Waals surface area contributed by atoms with E-state index in [1.165, 1.54) is 11.1 Å². The van der Waals surface area contributed by atoms with E-state index in [1.54, 1.807) is 0 Å². The lowest BCUT2D eigenvalue weighted by atomic mass is 10.3. The summed E-state index contributed by atoms with van der Waals surface area (Å²) in [4.78, 5) is 33.2. The zero-order chi connectivity index (χ0) is 15.7. The fourth-order valence-corrected chi connectivity index (χ4v) is 2.51. The Morgan fingerprint density at radius 1 is 1.32 bits per heavy atom. The van der Waals surface area contributed by atoms with Crippen molar-refractivity contribution in [1.29, 1.82) is 0 Å². The van der Waals surface area contributed by atoms with E-state index in [9.17, 15) is 9.59 Å². The second-order valence-corrected chi connectivity index (χ2v) is 5.64. The summed E-state index contributed by atoms with van der Waals surface area (Å²) in [5.74, 6) is -2.66. The molecular weight excluding hydrogens is 380 g/mol. The van der Waals surface area contributed by atoms with Crippen LogP contribution in [0.1, 0.15) is 0 Å². The third-order valence-corrected chi connectivity index (χ3v) is 4.17. The molecule has 0 amide bonds. The summed E-state index contributed by atoms with van der Waals surface area (Å²) in [5.41, 5.74) is 0. The summed E-state index contributed by atoms with van der Waals surface area (Å²) in [6.45, 7) is 1.06. The van der Waals surface area contributed by atoms with E-state index >= 15 is 0 Å². The Balaban J connectivity index is 2.01. The van der Waals surface area contributed by atoms with Gasteiger partial charge in [0.05, 0.1) is 12.7 Å². The molecule has 2 aliphatic heterocycles. The molecule has 0 radical (unpaired) electrons. The summed E-state index contributed by atoms with van der Waals surface area (Å²) in [7, 11) is 0. The van der Waals surface area contributed by atoms with Gasteiger partial charge in [0.25, 0.3) is 0 Å². The molecule has 1 fully saturated rings. The number of rotatable bonds is 1. The third-order valence-electron chi connectivity index (χ3n) is 3.10. The van der Waals surface area contributed by atoms with Crippen molar-refractivity contribution in [1.82, 2.24) is 15.3 Å². The molecule has 3 rings (SSSR count). The molecular formula is C12H10BrClN4O4. The molecule has 10 heteroatoms. The molecule has 1 aromatic heterocycles. The lowest BCUT2D eigenvalue weighted by Crippen LogP contribution is -2.65. The highest BCUT2D eigenvalue weighted by atomic mass is 79.9. The highest BCUT2D eigenvalue weighted by Crippen LogP contribution is 2.30. The number of anilines is 1. The number of aromatic nitrogens is 2. The first-order valence-electron chi connectivity index (χ1n) is 6.31. The van der Waals surface area contributed by atoms with E-state index in [1.807, 2.05) is 0 Å². The first-order chi connectivity index (χ1) is 10.5. The van der Waals surface area contributed by atoms with Gasteiger partial charge in [-0.2, -0.15) is 0 Å². The molecule has 0 bridgehead atoms. The predicted molar refractivity (Wildman–Crippen MR) is 79.0 cm³/mol. The van der Waals surface area contributed by atoms with Crippen molar-refractivity contribution in [3.8, 4) is 0 Å². The van der Waals surface area contributed by atoms with Crippen LogP contribution in [0.3, 0.4) is 0 Å². The number of halogens is 2. The summed E-state index contributed by atoms with van der Waals surface area (Å²) in [5, 5.41) is 3.17. The van der Waals surface area contributed by atoms with E-state index in [2.05, 4.69) is 31.2 Å². The summed E-state index contributed by atoms with van der Waals surface area (Å²) < 4.78 is 11.0. The first kappa shape index (κ1) is 15.2. The Kier molecular flexibility index (Phi) is 4.02. The molecule has 0 saturated carbocycles. The number of hydrogen-bond donors (Lipinski definition) is 1. The number of carbonyl (C=O) groups is 2. The van der Waals surface area contributed by atoms with Gasteiger partial charge in [0.15, 0.2) is 11.0 Å². The summed E-state index contributed by atoms with van der Waals surface area (Å²) >= 11 is 9.11. The van der Waals surface area contributed by atoms with E-state index in [0.29, 0.717) is 23.5 Å². The predicted octanol–water partition coefficient (Wildman–Crippen LogP) is 0.612. The second-order valence-electron chi connectivity index (χ2n) is 4.53. The first-order valence-corrected chi connectivity index (χ1v) is 7.48. The number of nitrogens with one attached hydrogen (secondary N) is 1. The molecule has 1 aromatic rings. The van der Waals surface area contributed by atoms with Gasteiger partial charge in [0, 0.05) is 25.2 Å². The Bertz CT molecular complexity index is 649. The number of hydrogen-bond acceptors (Lipinski definition) is 8. The molecule has 0 atom stereocenters. The minimum Gasteiger partial charge on any atom is -0.399 e. The zero-order valence-corrected chi connectivity index (χ0v) is 13.4. The SMILES string of the molecule is O=C1C=CC(=O)OC2(CNCCN2c2cnc(Br)c(Cl)n2)O1. The van der Waals surface area contributed by atoms with Gasteiger partial charge in [-0.3, -0.25) is 4.90 Å². The van der Waals surface area contributed by atoms with Crippen LogP contribution in [0.15, 0.2) is 23.0 Å². The highest BCUT2D eigenvalue weighted by molar-refractivity contribution is 9.10. The number of esters is 2. The van der Waals surface area contributed by atoms with Crippen molar-refractivity contribution in [2.75, 3.05) is 24.5 Å². The van der Waals surface area contributed by atoms with Gasteiger partial charge in [-0.05, 0) is 15.9 Å². The van der Waals surface area contributed by atoms with Crippen molar-refractivity contribution in [2.45, 2.75) is 5.91 Å². The molecule has 1 spiro atoms. The normalized spacial score (nSPS) is 20.5. The summed E-state index contributed by atoms with van der Waals surface area (Å²) in [6, 6.07) is 0. The fourth-order valence-electron chi connectivity index (χ4n) is 2.19. The van der Waals surface area contributed by atoms with Gasteiger partial charge in [-0.25, -0.2) is 19.6 Å². The van der Waals surface area contributed by atoms with Crippen LogP contribution in [0.5, 0.6) is 0 Å². The van der Waals surface area contributed by atoms with Crippen LogP contribution in [0.4, 0.5) is 5.82 Å². The van der Waals surface area contributed by atoms with Gasteiger partial charge in [-0.1, -0.05) is 11.6 Å². The number of nitrogens with zero attached hydrogens (tertiary/aromatic N) is 3. The number of ether oxygens (including phenoxy) is 2. The Labute approximate surface area is 138 Å². The van der Waals surface area contributed by atoms with Gasteiger partial charge in [-0.15, -0.1) is 0 Å². The minimum absolute atomic E-state index is 0.0987. The van der Waals surface area contributed by atoms with Crippen molar-refractivity contribution < 1.29 is 19.1 Å². The zero-order valence-electron chi connectivity index (χ0n) is 11.1.